The van der Waals surface area contributed by atoms with Gasteiger partial charge in [-0.2, -0.15) is 17.0 Å². The van der Waals surface area contributed by atoms with Crippen molar-refractivity contribution >= 4 is 21.6 Å². The van der Waals surface area contributed by atoms with Gasteiger partial charge in [-0.3, -0.25) is 4.79 Å². The lowest BCUT2D eigenvalue weighted by molar-refractivity contribution is 0.0699. The van der Waals surface area contributed by atoms with Gasteiger partial charge in [0.2, 0.25) is 0 Å². The average Bonchev–Trinajstić information content (AvgIpc) is 2.96. The van der Waals surface area contributed by atoms with Crippen molar-refractivity contribution in [2.75, 3.05) is 52.5 Å². The van der Waals surface area contributed by atoms with Crippen LogP contribution in [0.15, 0.2) is 36.5 Å². The molecule has 2 saturated heterocycles. The molecule has 0 atom stereocenters. The van der Waals surface area contributed by atoms with Crippen LogP contribution in [0.4, 0.5) is 0 Å². The van der Waals surface area contributed by atoms with E-state index in [0.29, 0.717) is 64.6 Å². The van der Waals surface area contributed by atoms with Gasteiger partial charge in [0.15, 0.2) is 0 Å². The Labute approximate surface area is 159 Å². The Morgan fingerprint density at radius 3 is 2.48 bits per heavy atom. The van der Waals surface area contributed by atoms with Crippen LogP contribution in [-0.4, -0.2) is 84.7 Å². The van der Waals surface area contributed by atoms with Gasteiger partial charge in [0.05, 0.1) is 13.2 Å². The van der Waals surface area contributed by atoms with Crippen LogP contribution in [0, 0.1) is 0 Å². The SMILES string of the molecule is O=C(c1ccc2ccccn12)N1CCCN(S(=O)(=O)N2CCOCC2)CC1. The molecule has 0 bridgehead atoms. The molecule has 2 aromatic heterocycles. The van der Waals surface area contributed by atoms with E-state index in [1.54, 1.807) is 4.90 Å². The number of carbonyl (C=O) groups is 1. The average molecular weight is 392 g/mol. The summed E-state index contributed by atoms with van der Waals surface area (Å²) in [5, 5.41) is 0. The van der Waals surface area contributed by atoms with E-state index in [-0.39, 0.29) is 5.91 Å². The third-order valence-electron chi connectivity index (χ3n) is 5.15. The fourth-order valence-electron chi connectivity index (χ4n) is 3.66. The predicted molar refractivity (Wildman–Crippen MR) is 101 cm³/mol. The van der Waals surface area contributed by atoms with E-state index in [9.17, 15) is 13.2 Å². The Morgan fingerprint density at radius 1 is 0.889 bits per heavy atom. The minimum atomic E-state index is -3.50. The summed E-state index contributed by atoms with van der Waals surface area (Å²) in [6, 6.07) is 9.52. The fourth-order valence-corrected chi connectivity index (χ4v) is 5.27. The Hall–Kier alpha value is -1.94. The second kappa shape index (κ2) is 7.59. The molecule has 2 aromatic rings. The zero-order chi connectivity index (χ0) is 18.9. The van der Waals surface area contributed by atoms with Gasteiger partial charge in [-0.15, -0.1) is 0 Å². The number of aromatic nitrogens is 1. The molecule has 2 aliphatic heterocycles. The molecule has 0 radical (unpaired) electrons. The number of rotatable bonds is 3. The Morgan fingerprint density at radius 2 is 1.67 bits per heavy atom. The minimum Gasteiger partial charge on any atom is -0.379 e. The number of nitrogens with zero attached hydrogens (tertiary/aromatic N) is 4. The van der Waals surface area contributed by atoms with Crippen molar-refractivity contribution in [2.45, 2.75) is 6.42 Å². The molecule has 0 aromatic carbocycles. The van der Waals surface area contributed by atoms with Gasteiger partial charge in [-0.05, 0) is 30.7 Å². The zero-order valence-electron chi connectivity index (χ0n) is 15.2. The Bertz CT molecular complexity index is 920. The van der Waals surface area contributed by atoms with Crippen LogP contribution in [0.5, 0.6) is 0 Å². The molecule has 0 spiro atoms. The second-order valence-electron chi connectivity index (χ2n) is 6.78. The standard InChI is InChI=1S/C18H24N4O4S/c23-18(17-6-5-16-4-1-2-9-22(16)17)19-7-3-8-20(11-10-19)27(24,25)21-12-14-26-15-13-21/h1-2,4-6,9H,3,7-8,10-15H2. The van der Waals surface area contributed by atoms with Gasteiger partial charge in [0.25, 0.3) is 16.1 Å². The van der Waals surface area contributed by atoms with E-state index in [1.807, 2.05) is 40.9 Å². The molecule has 2 aliphatic rings. The smallest absolute Gasteiger partial charge is 0.282 e. The van der Waals surface area contributed by atoms with Gasteiger partial charge >= 0.3 is 0 Å². The van der Waals surface area contributed by atoms with E-state index < -0.39 is 10.2 Å². The highest BCUT2D eigenvalue weighted by atomic mass is 32.2. The number of amides is 1. The summed E-state index contributed by atoms with van der Waals surface area (Å²) in [7, 11) is -3.50. The van der Waals surface area contributed by atoms with Crippen LogP contribution >= 0.6 is 0 Å². The number of fused-ring (bicyclic) bond motifs is 1. The first-order valence-corrected chi connectivity index (χ1v) is 10.7. The Balaban J connectivity index is 1.47. The summed E-state index contributed by atoms with van der Waals surface area (Å²) in [6.45, 7) is 3.32. The molecule has 4 rings (SSSR count). The monoisotopic (exact) mass is 392 g/mol. The highest BCUT2D eigenvalue weighted by Crippen LogP contribution is 2.17. The third kappa shape index (κ3) is 3.60. The van der Waals surface area contributed by atoms with Gasteiger partial charge in [0, 0.05) is 51.0 Å². The lowest BCUT2D eigenvalue weighted by Gasteiger charge is -2.31. The van der Waals surface area contributed by atoms with Gasteiger partial charge in [-0.1, -0.05) is 6.07 Å². The van der Waals surface area contributed by atoms with Crippen molar-refractivity contribution < 1.29 is 17.9 Å². The molecule has 0 saturated carbocycles. The molecular formula is C18H24N4O4S. The van der Waals surface area contributed by atoms with Crippen LogP contribution in [0.3, 0.4) is 0 Å². The van der Waals surface area contributed by atoms with Gasteiger partial charge < -0.3 is 14.0 Å². The third-order valence-corrected chi connectivity index (χ3v) is 7.18. The summed E-state index contributed by atoms with van der Waals surface area (Å²) in [6.07, 6.45) is 2.49. The van der Waals surface area contributed by atoms with Crippen LogP contribution < -0.4 is 0 Å². The van der Waals surface area contributed by atoms with Crippen molar-refractivity contribution in [1.82, 2.24) is 17.9 Å². The maximum absolute atomic E-state index is 13.0. The predicted octanol–water partition coefficient (Wildman–Crippen LogP) is 0.664. The summed E-state index contributed by atoms with van der Waals surface area (Å²) in [5.41, 5.74) is 1.57. The molecular weight excluding hydrogens is 368 g/mol. The fraction of sp³-hybridized carbons (Fsp3) is 0.500. The lowest BCUT2D eigenvalue weighted by Crippen LogP contribution is -2.49. The quantitative estimate of drug-likeness (QED) is 0.769. The normalized spacial score (nSPS) is 20.7. The summed E-state index contributed by atoms with van der Waals surface area (Å²) in [4.78, 5) is 14.7. The number of hydrogen-bond donors (Lipinski definition) is 0. The lowest BCUT2D eigenvalue weighted by atomic mass is 10.3. The van der Waals surface area contributed by atoms with Crippen molar-refractivity contribution in [3.63, 3.8) is 0 Å². The van der Waals surface area contributed by atoms with Crippen molar-refractivity contribution in [3.05, 3.63) is 42.2 Å². The van der Waals surface area contributed by atoms with Crippen molar-refractivity contribution in [2.24, 2.45) is 0 Å². The van der Waals surface area contributed by atoms with Crippen LogP contribution in [-0.2, 0) is 14.9 Å². The molecule has 9 heteroatoms. The van der Waals surface area contributed by atoms with E-state index in [4.69, 9.17) is 4.74 Å². The first kappa shape index (κ1) is 18.4. The molecule has 0 N–H and O–H groups in total. The molecule has 0 unspecified atom stereocenters. The van der Waals surface area contributed by atoms with Gasteiger partial charge in [-0.25, -0.2) is 0 Å². The van der Waals surface area contributed by atoms with Crippen molar-refractivity contribution in [3.8, 4) is 0 Å². The van der Waals surface area contributed by atoms with Crippen LogP contribution in [0.25, 0.3) is 5.52 Å². The summed E-state index contributed by atoms with van der Waals surface area (Å²) in [5.74, 6) is -0.0631. The summed E-state index contributed by atoms with van der Waals surface area (Å²) < 4.78 is 35.8. The van der Waals surface area contributed by atoms with E-state index >= 15 is 0 Å². The number of morpholine rings is 1. The minimum absolute atomic E-state index is 0.0631. The zero-order valence-corrected chi connectivity index (χ0v) is 16.0. The number of hydrogen-bond acceptors (Lipinski definition) is 4. The molecule has 1 amide bonds. The summed E-state index contributed by atoms with van der Waals surface area (Å²) >= 11 is 0. The molecule has 8 nitrogen and oxygen atoms in total. The number of carbonyl (C=O) groups excluding carboxylic acids is 1. The molecule has 0 aliphatic carbocycles. The first-order chi connectivity index (χ1) is 13.1. The van der Waals surface area contributed by atoms with E-state index in [1.165, 1.54) is 8.61 Å². The van der Waals surface area contributed by atoms with E-state index in [2.05, 4.69) is 0 Å². The van der Waals surface area contributed by atoms with E-state index in [0.717, 1.165) is 5.52 Å². The van der Waals surface area contributed by atoms with Crippen LogP contribution in [0.2, 0.25) is 0 Å². The largest absolute Gasteiger partial charge is 0.379 e. The topological polar surface area (TPSA) is 74.6 Å². The maximum atomic E-state index is 13.0. The highest BCUT2D eigenvalue weighted by molar-refractivity contribution is 7.86. The van der Waals surface area contributed by atoms with Gasteiger partial charge in [0.1, 0.15) is 5.69 Å². The molecule has 4 heterocycles. The second-order valence-corrected chi connectivity index (χ2v) is 8.71. The first-order valence-electron chi connectivity index (χ1n) is 9.26. The maximum Gasteiger partial charge on any atom is 0.282 e. The van der Waals surface area contributed by atoms with Crippen molar-refractivity contribution in [1.29, 1.82) is 0 Å². The van der Waals surface area contributed by atoms with Crippen LogP contribution in [0.1, 0.15) is 16.9 Å². The highest BCUT2D eigenvalue weighted by Gasteiger charge is 2.33. The molecule has 27 heavy (non-hydrogen) atoms. The Kier molecular flexibility index (Phi) is 5.18. The number of pyridine rings is 1. The molecule has 2 fully saturated rings. The molecule has 146 valence electrons. The number of ether oxygens (including phenoxy) is 1.